The Morgan fingerprint density at radius 1 is 0.372 bits per heavy atom. The minimum absolute atomic E-state index is 0.0536. The van der Waals surface area contributed by atoms with Gasteiger partial charge in [-0.25, -0.2) is 0 Å². The lowest BCUT2D eigenvalue weighted by atomic mass is 9.91. The lowest BCUT2D eigenvalue weighted by Gasteiger charge is -2.28. The summed E-state index contributed by atoms with van der Waals surface area (Å²) in [5.74, 6) is 1.92. The number of hydrogen-bond donors (Lipinski definition) is 17. The molecule has 22 nitrogen and oxygen atoms in total. The first-order valence-corrected chi connectivity index (χ1v) is 35.3. The van der Waals surface area contributed by atoms with E-state index in [1.165, 1.54) is 109 Å². The molecule has 7 aliphatic carbocycles. The van der Waals surface area contributed by atoms with Crippen molar-refractivity contribution in [2.45, 2.75) is 277 Å². The highest BCUT2D eigenvalue weighted by Crippen LogP contribution is 2.22. The summed E-state index contributed by atoms with van der Waals surface area (Å²) in [6.45, 7) is 5.13. The van der Waals surface area contributed by atoms with Crippen molar-refractivity contribution >= 4 is 28.5 Å². The van der Waals surface area contributed by atoms with E-state index in [4.69, 9.17) is 21.9 Å². The normalized spacial score (nSPS) is 32.6. The number of rotatable bonds is 15. The molecule has 0 bridgehead atoms. The van der Waals surface area contributed by atoms with E-state index >= 15 is 0 Å². The van der Waals surface area contributed by atoms with E-state index in [-0.39, 0.29) is 30.3 Å². The quantitative estimate of drug-likeness (QED) is 0.110. The molecule has 2 heterocycles. The second-order valence-corrected chi connectivity index (χ2v) is 26.8. The Balaban J connectivity index is 0.000000486. The molecule has 9 rings (SSSR count). The van der Waals surface area contributed by atoms with Gasteiger partial charge in [0.15, 0.2) is 0 Å². The second-order valence-electron chi connectivity index (χ2n) is 25.1. The smallest absolute Gasteiger partial charge is 0.234 e. The fourth-order valence-electron chi connectivity index (χ4n) is 13.1. The highest BCUT2D eigenvalue weighted by molar-refractivity contribution is 7.85. The average molecular weight is 1240 g/mol. The van der Waals surface area contributed by atoms with Crippen molar-refractivity contribution in [1.82, 2.24) is 74.4 Å². The fraction of sp³-hybridized carbons (Fsp3) is 0.952. The largest absolute Gasteiger partial charge is 0.381 e. The molecule has 86 heavy (non-hydrogen) atoms. The van der Waals surface area contributed by atoms with E-state index in [9.17, 15) is 18.6 Å². The van der Waals surface area contributed by atoms with Gasteiger partial charge in [0, 0.05) is 146 Å². The van der Waals surface area contributed by atoms with E-state index in [1.807, 2.05) is 77.5 Å². The molecule has 3 amide bonds. The summed E-state index contributed by atoms with van der Waals surface area (Å²) in [4.78, 5) is 32.4. The molecule has 9 aliphatic rings. The highest BCUT2D eigenvalue weighted by Gasteiger charge is 2.28. The Labute approximate surface area is 527 Å². The molecule has 9 fully saturated rings. The van der Waals surface area contributed by atoms with Crippen LogP contribution in [0.1, 0.15) is 181 Å². The van der Waals surface area contributed by atoms with Gasteiger partial charge in [0.05, 0.1) is 6.54 Å². The van der Waals surface area contributed by atoms with Crippen LogP contribution in [-0.4, -0.2) is 227 Å². The molecule has 20 N–H and O–H groups in total. The van der Waals surface area contributed by atoms with Gasteiger partial charge in [-0.3, -0.25) is 18.6 Å². The third-order valence-electron chi connectivity index (χ3n) is 19.0. The number of carbonyl (C=O) groups is 3. The van der Waals surface area contributed by atoms with E-state index in [0.717, 1.165) is 107 Å². The fourth-order valence-corrected chi connectivity index (χ4v) is 14.4. The average Bonchev–Trinajstić information content (AvgIpc) is 4.50. The first-order valence-electron chi connectivity index (χ1n) is 33.8. The number of carbonyl (C=O) groups excluding carboxylic acids is 3. The monoisotopic (exact) mass is 1240 g/mol. The lowest BCUT2D eigenvalue weighted by Crippen LogP contribution is -2.47. The molecule has 0 spiro atoms. The number of ether oxygens (including phenoxy) is 1. The van der Waals surface area contributed by atoms with Crippen molar-refractivity contribution < 1.29 is 23.3 Å². The first-order chi connectivity index (χ1) is 41.4. The van der Waals surface area contributed by atoms with E-state index in [2.05, 4.69) is 74.4 Å². The van der Waals surface area contributed by atoms with Gasteiger partial charge < -0.3 is 96.4 Å². The van der Waals surface area contributed by atoms with E-state index in [1.54, 1.807) is 13.8 Å². The van der Waals surface area contributed by atoms with Crippen LogP contribution < -0.4 is 91.6 Å². The standard InChI is InChI=1S/C9H18N2O.C8H17N3O.C8H16N2O.2C7H16N2.2C6H14N2.C6H13NOS.C6H13NO/c1-7(12)11-9-5-3-8(10-2)4-6-9;1-10-6-3-2-4-7(6)11-8(12)5-9;1-6(11)10-8-4-3-7(5-8)9-2;1-8-6-3-4-7(5-6)9-2;1-8-6-4-3-5-7(6)9-2;1-8-6-3-2-5(7)4-6;1-8-6-4-2-3-5(6)7;1-7-6-2-4-9(8)5-3-6;1-7-6-2-4-8-5-3-6/h8-10H,3-6H2,1-2H3,(H,11,12);6-7,10H,2-5,9H2,1H3,(H,11,12);7-9H,3-5H2,1-2H3,(H,10,11);2*6-9H,3-5H2,1-2H3;2*5-6,8H,2-4,7H2,1H3;6-7H,2-5H2,1H3;6-7H,2-5H2,1H3. The molecule has 0 aromatic carbocycles. The van der Waals surface area contributed by atoms with Crippen LogP contribution in [0.4, 0.5) is 0 Å². The molecule has 510 valence electrons. The van der Waals surface area contributed by atoms with Gasteiger partial charge in [-0.1, -0.05) is 12.8 Å². The molecule has 0 radical (unpaired) electrons. The van der Waals surface area contributed by atoms with Gasteiger partial charge in [0.25, 0.3) is 0 Å². The zero-order valence-electron chi connectivity index (χ0n) is 56.8. The van der Waals surface area contributed by atoms with Crippen LogP contribution in [0.25, 0.3) is 0 Å². The Morgan fingerprint density at radius 3 is 1.06 bits per heavy atom. The third kappa shape index (κ3) is 38.0. The minimum atomic E-state index is -0.503. The topological polar surface area (TPSA) is 324 Å². The van der Waals surface area contributed by atoms with Crippen molar-refractivity contribution in [3.63, 3.8) is 0 Å². The van der Waals surface area contributed by atoms with Crippen LogP contribution in [0, 0.1) is 0 Å². The van der Waals surface area contributed by atoms with Crippen molar-refractivity contribution in [1.29, 1.82) is 0 Å². The zero-order valence-corrected chi connectivity index (χ0v) is 57.7. The molecule has 12 atom stereocenters. The molecular weight excluding hydrogens is 1110 g/mol. The SMILES string of the molecule is CNC1CCC(N)C1.CNC1CCC(NC(C)=O)C1.CNC1CCC(NC(C)=O)CC1.CNC1CCC(NC)C1.CNC1CCCC1N.CNC1CCCC1NC.CNC1CCCC1NC(=O)CN.CNC1CCOCC1.CNC1CCS(=O)CC1. The van der Waals surface area contributed by atoms with Crippen molar-refractivity contribution in [2.24, 2.45) is 17.2 Å². The molecule has 12 unspecified atom stereocenters. The Hall–Kier alpha value is -2.04. The maximum atomic E-state index is 11.0. The van der Waals surface area contributed by atoms with Gasteiger partial charge in [-0.2, -0.15) is 0 Å². The summed E-state index contributed by atoms with van der Waals surface area (Å²) in [7, 11) is 21.5. The number of likely N-dealkylation sites (N-methyl/N-ethyl adjacent to an activating group) is 4. The van der Waals surface area contributed by atoms with Gasteiger partial charge in [0.2, 0.25) is 17.7 Å². The van der Waals surface area contributed by atoms with Crippen LogP contribution in [0.5, 0.6) is 0 Å². The van der Waals surface area contributed by atoms with Crippen molar-refractivity contribution in [3.05, 3.63) is 0 Å². The van der Waals surface area contributed by atoms with Crippen LogP contribution in [0.15, 0.2) is 0 Å². The predicted molar refractivity (Wildman–Crippen MR) is 362 cm³/mol. The summed E-state index contributed by atoms with van der Waals surface area (Å²) in [5, 5.41) is 44.5. The minimum Gasteiger partial charge on any atom is -0.381 e. The zero-order chi connectivity index (χ0) is 64.1. The molecule has 7 saturated carbocycles. The summed E-state index contributed by atoms with van der Waals surface area (Å²) >= 11 is 0. The van der Waals surface area contributed by atoms with E-state index < -0.39 is 10.8 Å². The van der Waals surface area contributed by atoms with Crippen molar-refractivity contribution in [2.75, 3.05) is 109 Å². The van der Waals surface area contributed by atoms with Crippen molar-refractivity contribution in [3.8, 4) is 0 Å². The maximum Gasteiger partial charge on any atom is 0.234 e. The lowest BCUT2D eigenvalue weighted by molar-refractivity contribution is -0.121. The van der Waals surface area contributed by atoms with Crippen LogP contribution >= 0.6 is 0 Å². The number of nitrogens with one attached hydrogen (secondary N) is 14. The molecular formula is C63H137N17O5S. The Morgan fingerprint density at radius 2 is 0.709 bits per heavy atom. The second kappa shape index (κ2) is 51.6. The molecule has 2 aliphatic heterocycles. The first kappa shape index (κ1) is 82.0. The van der Waals surface area contributed by atoms with Gasteiger partial charge in [-0.15, -0.1) is 0 Å². The maximum absolute atomic E-state index is 11.0. The predicted octanol–water partition coefficient (Wildman–Crippen LogP) is 1.48. The van der Waals surface area contributed by atoms with Crippen LogP contribution in [-0.2, 0) is 29.9 Å². The highest BCUT2D eigenvalue weighted by atomic mass is 32.2. The molecule has 0 aromatic heterocycles. The third-order valence-corrected chi connectivity index (χ3v) is 20.3. The summed E-state index contributed by atoms with van der Waals surface area (Å²) < 4.78 is 16.0. The van der Waals surface area contributed by atoms with Gasteiger partial charge in [0.1, 0.15) is 0 Å². The van der Waals surface area contributed by atoms with Crippen LogP contribution in [0.2, 0.25) is 0 Å². The van der Waals surface area contributed by atoms with Gasteiger partial charge in [-0.05, 0) is 232 Å². The molecule has 23 heteroatoms. The Kier molecular flexibility index (Phi) is 49.1. The summed E-state index contributed by atoms with van der Waals surface area (Å²) in [6, 6.07) is 9.29. The number of hydrogen-bond acceptors (Lipinski definition) is 19. The number of nitrogens with two attached hydrogens (primary N) is 3. The van der Waals surface area contributed by atoms with Crippen LogP contribution in [0.3, 0.4) is 0 Å². The molecule has 2 saturated heterocycles. The van der Waals surface area contributed by atoms with Gasteiger partial charge >= 0.3 is 0 Å². The molecule has 0 aromatic rings. The summed E-state index contributed by atoms with van der Waals surface area (Å²) in [5.41, 5.74) is 16.6. The Bertz CT molecular complexity index is 1650. The summed E-state index contributed by atoms with van der Waals surface area (Å²) in [6.07, 6.45) is 31.3. The number of amides is 3. The van der Waals surface area contributed by atoms with E-state index in [0.29, 0.717) is 66.5 Å².